The highest BCUT2D eigenvalue weighted by Crippen LogP contribution is 2.09. The second-order valence-corrected chi connectivity index (χ2v) is 4.56. The average molecular weight is 251 g/mol. The van der Waals surface area contributed by atoms with E-state index in [-0.39, 0.29) is 5.91 Å². The molecule has 6 heteroatoms. The summed E-state index contributed by atoms with van der Waals surface area (Å²) in [6, 6.07) is 3.90. The van der Waals surface area contributed by atoms with E-state index < -0.39 is 0 Å². The largest absolute Gasteiger partial charge is 0.466 e. The number of hydrogen-bond acceptors (Lipinski definition) is 5. The smallest absolute Gasteiger partial charge is 0.236 e. The first-order valence-electron chi connectivity index (χ1n) is 5.31. The minimum atomic E-state index is -0.0185. The van der Waals surface area contributed by atoms with Gasteiger partial charge in [-0.05, 0) is 25.5 Å². The van der Waals surface area contributed by atoms with Gasteiger partial charge >= 0.3 is 0 Å². The Hall–Kier alpha value is -1.56. The molecule has 17 heavy (non-hydrogen) atoms. The highest BCUT2D eigenvalue weighted by Gasteiger charge is 2.15. The van der Waals surface area contributed by atoms with Gasteiger partial charge in [0, 0.05) is 12.6 Å². The lowest BCUT2D eigenvalue weighted by atomic mass is 10.3. The first-order valence-corrected chi connectivity index (χ1v) is 6.30. The van der Waals surface area contributed by atoms with Crippen LogP contribution in [-0.2, 0) is 11.2 Å². The standard InChI is InChI=1S/C11H13N3O2S/c1-8-4-5-9(16-8)3-2-6-12-14-11-13-10(15)7-17-11/h4-6H,2-3,7H2,1H3,(H,13,14,15)/b12-6-. The summed E-state index contributed by atoms with van der Waals surface area (Å²) in [7, 11) is 0. The molecule has 2 rings (SSSR count). The Balaban J connectivity index is 1.73. The quantitative estimate of drug-likeness (QED) is 0.654. The molecule has 0 aliphatic carbocycles. The van der Waals surface area contributed by atoms with Crippen molar-refractivity contribution in [3.05, 3.63) is 23.7 Å². The predicted octanol–water partition coefficient (Wildman–Crippen LogP) is 1.73. The number of aryl methyl sites for hydroxylation is 2. The SMILES string of the molecule is Cc1ccc(CC/C=N\N=C2\NC(=O)CS2)o1. The van der Waals surface area contributed by atoms with Crippen LogP contribution >= 0.6 is 11.8 Å². The van der Waals surface area contributed by atoms with Gasteiger partial charge in [0.05, 0.1) is 5.75 Å². The Labute approximate surface area is 103 Å². The van der Waals surface area contributed by atoms with Gasteiger partial charge < -0.3 is 9.73 Å². The van der Waals surface area contributed by atoms with E-state index in [1.807, 2.05) is 19.1 Å². The summed E-state index contributed by atoms with van der Waals surface area (Å²) in [5, 5.41) is 11.0. The molecule has 0 unspecified atom stereocenters. The fraction of sp³-hybridized carbons (Fsp3) is 0.364. The molecule has 0 aromatic carbocycles. The number of furan rings is 1. The van der Waals surface area contributed by atoms with E-state index in [0.717, 1.165) is 24.4 Å². The number of carbonyl (C=O) groups excluding carboxylic acids is 1. The van der Waals surface area contributed by atoms with E-state index in [0.29, 0.717) is 10.9 Å². The molecule has 2 heterocycles. The maximum atomic E-state index is 10.9. The maximum absolute atomic E-state index is 10.9. The number of nitrogens with one attached hydrogen (secondary N) is 1. The van der Waals surface area contributed by atoms with Gasteiger partial charge in [-0.2, -0.15) is 5.10 Å². The second kappa shape index (κ2) is 5.67. The Morgan fingerprint density at radius 1 is 1.59 bits per heavy atom. The van der Waals surface area contributed by atoms with Gasteiger partial charge in [-0.15, -0.1) is 5.10 Å². The molecule has 0 saturated carbocycles. The Morgan fingerprint density at radius 3 is 3.12 bits per heavy atom. The number of amides is 1. The number of rotatable bonds is 4. The van der Waals surface area contributed by atoms with E-state index in [9.17, 15) is 4.79 Å². The van der Waals surface area contributed by atoms with Gasteiger partial charge in [0.15, 0.2) is 5.17 Å². The van der Waals surface area contributed by atoms with E-state index in [2.05, 4.69) is 15.5 Å². The van der Waals surface area contributed by atoms with Crippen LogP contribution in [0.5, 0.6) is 0 Å². The summed E-state index contributed by atoms with van der Waals surface area (Å²) in [5.74, 6) is 2.28. The van der Waals surface area contributed by atoms with Crippen LogP contribution in [0.25, 0.3) is 0 Å². The van der Waals surface area contributed by atoms with Crippen LogP contribution in [0.4, 0.5) is 0 Å². The van der Waals surface area contributed by atoms with Gasteiger partial charge in [-0.3, -0.25) is 4.79 Å². The molecule has 1 N–H and O–H groups in total. The molecule has 1 aromatic rings. The van der Waals surface area contributed by atoms with Crippen LogP contribution in [-0.4, -0.2) is 23.0 Å². The molecule has 1 aliphatic rings. The van der Waals surface area contributed by atoms with Crippen molar-refractivity contribution in [1.82, 2.24) is 5.32 Å². The molecule has 1 aliphatic heterocycles. The van der Waals surface area contributed by atoms with Crippen LogP contribution in [0.2, 0.25) is 0 Å². The van der Waals surface area contributed by atoms with Gasteiger partial charge in [-0.1, -0.05) is 11.8 Å². The molecule has 1 aromatic heterocycles. The molecule has 0 radical (unpaired) electrons. The van der Waals surface area contributed by atoms with Crippen molar-refractivity contribution >= 4 is 29.1 Å². The topological polar surface area (TPSA) is 67.0 Å². The first-order chi connectivity index (χ1) is 8.24. The third-order valence-electron chi connectivity index (χ3n) is 2.13. The van der Waals surface area contributed by atoms with Crippen molar-refractivity contribution in [1.29, 1.82) is 0 Å². The Kier molecular flexibility index (Phi) is 3.98. The van der Waals surface area contributed by atoms with Crippen molar-refractivity contribution < 1.29 is 9.21 Å². The summed E-state index contributed by atoms with van der Waals surface area (Å²) < 4.78 is 5.42. The van der Waals surface area contributed by atoms with Crippen LogP contribution < -0.4 is 5.32 Å². The number of amidine groups is 1. The van der Waals surface area contributed by atoms with Crippen LogP contribution in [0, 0.1) is 6.92 Å². The summed E-state index contributed by atoms with van der Waals surface area (Å²) in [6.45, 7) is 1.92. The third kappa shape index (κ3) is 3.74. The minimum absolute atomic E-state index is 0.0185. The van der Waals surface area contributed by atoms with Crippen molar-refractivity contribution in [2.45, 2.75) is 19.8 Å². The summed E-state index contributed by atoms with van der Waals surface area (Å²) >= 11 is 1.37. The minimum Gasteiger partial charge on any atom is -0.466 e. The normalized spacial score (nSPS) is 18.2. The molecule has 0 bridgehead atoms. The Morgan fingerprint density at radius 2 is 2.47 bits per heavy atom. The molecule has 90 valence electrons. The lowest BCUT2D eigenvalue weighted by molar-refractivity contribution is -0.116. The van der Waals surface area contributed by atoms with E-state index in [1.54, 1.807) is 6.21 Å². The highest BCUT2D eigenvalue weighted by atomic mass is 32.2. The summed E-state index contributed by atoms with van der Waals surface area (Å²) in [6.07, 6.45) is 3.29. The van der Waals surface area contributed by atoms with Gasteiger partial charge in [0.25, 0.3) is 0 Å². The van der Waals surface area contributed by atoms with E-state index >= 15 is 0 Å². The maximum Gasteiger partial charge on any atom is 0.236 e. The zero-order valence-electron chi connectivity index (χ0n) is 9.47. The fourth-order valence-corrected chi connectivity index (χ4v) is 1.99. The highest BCUT2D eigenvalue weighted by molar-refractivity contribution is 8.15. The second-order valence-electron chi connectivity index (χ2n) is 3.59. The van der Waals surface area contributed by atoms with Crippen molar-refractivity contribution in [2.24, 2.45) is 10.2 Å². The summed E-state index contributed by atoms with van der Waals surface area (Å²) in [4.78, 5) is 10.9. The van der Waals surface area contributed by atoms with Crippen molar-refractivity contribution in [2.75, 3.05) is 5.75 Å². The molecule has 1 fully saturated rings. The monoisotopic (exact) mass is 251 g/mol. The number of thioether (sulfide) groups is 1. The number of nitrogens with zero attached hydrogens (tertiary/aromatic N) is 2. The van der Waals surface area contributed by atoms with Crippen LogP contribution in [0.15, 0.2) is 26.8 Å². The molecular weight excluding hydrogens is 238 g/mol. The zero-order valence-corrected chi connectivity index (χ0v) is 10.3. The first kappa shape index (κ1) is 11.9. The number of carbonyl (C=O) groups is 1. The Bertz CT molecular complexity index is 465. The van der Waals surface area contributed by atoms with Gasteiger partial charge in [-0.25, -0.2) is 0 Å². The lowest BCUT2D eigenvalue weighted by Crippen LogP contribution is -2.19. The van der Waals surface area contributed by atoms with E-state index in [4.69, 9.17) is 4.42 Å². The molecule has 1 saturated heterocycles. The van der Waals surface area contributed by atoms with Crippen LogP contribution in [0.3, 0.4) is 0 Å². The van der Waals surface area contributed by atoms with Crippen molar-refractivity contribution in [3.8, 4) is 0 Å². The van der Waals surface area contributed by atoms with E-state index in [1.165, 1.54) is 11.8 Å². The zero-order chi connectivity index (χ0) is 12.1. The number of hydrogen-bond donors (Lipinski definition) is 1. The van der Waals surface area contributed by atoms with Gasteiger partial charge in [0.2, 0.25) is 5.91 Å². The van der Waals surface area contributed by atoms with Crippen molar-refractivity contribution in [3.63, 3.8) is 0 Å². The van der Waals surface area contributed by atoms with Crippen LogP contribution in [0.1, 0.15) is 17.9 Å². The molecule has 5 nitrogen and oxygen atoms in total. The summed E-state index contributed by atoms with van der Waals surface area (Å²) in [5.41, 5.74) is 0. The average Bonchev–Trinajstić information content (AvgIpc) is 2.88. The molecule has 0 atom stereocenters. The molecule has 1 amide bonds. The molecular formula is C11H13N3O2S. The lowest BCUT2D eigenvalue weighted by Gasteiger charge is -1.91. The molecule has 0 spiro atoms. The predicted molar refractivity (Wildman–Crippen MR) is 68.3 cm³/mol. The third-order valence-corrected chi connectivity index (χ3v) is 3.00. The fourth-order valence-electron chi connectivity index (χ4n) is 1.36. The van der Waals surface area contributed by atoms with Gasteiger partial charge in [0.1, 0.15) is 11.5 Å².